The minimum absolute atomic E-state index is 0.0149. The Balaban J connectivity index is 2.31. The number of benzene rings is 1. The first-order valence-electron chi connectivity index (χ1n) is 6.96. The molecule has 3 aromatic rings. The summed E-state index contributed by atoms with van der Waals surface area (Å²) in [6, 6.07) is 2.01. The van der Waals surface area contributed by atoms with Gasteiger partial charge >= 0.3 is 0 Å². The molecule has 1 aromatic carbocycles. The van der Waals surface area contributed by atoms with Crippen LogP contribution in [0.3, 0.4) is 0 Å². The van der Waals surface area contributed by atoms with Gasteiger partial charge in [-0.25, -0.2) is 18.4 Å². The number of ether oxygens (including phenoxy) is 1. The molecule has 0 spiro atoms. The van der Waals surface area contributed by atoms with Gasteiger partial charge in [0.25, 0.3) is 0 Å². The second-order valence-electron chi connectivity index (χ2n) is 5.32. The van der Waals surface area contributed by atoms with Crippen molar-refractivity contribution >= 4 is 17.0 Å². The van der Waals surface area contributed by atoms with Crippen LogP contribution in [-0.2, 0) is 0 Å². The number of nitrogens with zero attached hydrogens (tertiary/aromatic N) is 4. The van der Waals surface area contributed by atoms with Gasteiger partial charge in [-0.2, -0.15) is 10.1 Å². The summed E-state index contributed by atoms with van der Waals surface area (Å²) < 4.78 is 34.7. The fourth-order valence-electron chi connectivity index (χ4n) is 2.36. The highest BCUT2D eigenvalue weighted by molar-refractivity contribution is 5.91. The molecule has 0 fully saturated rings. The molecule has 23 heavy (non-hydrogen) atoms. The van der Waals surface area contributed by atoms with Crippen LogP contribution in [-0.4, -0.2) is 26.9 Å². The van der Waals surface area contributed by atoms with Crippen molar-refractivity contribution in [3.63, 3.8) is 0 Å². The summed E-state index contributed by atoms with van der Waals surface area (Å²) in [5.74, 6) is -1.39. The summed E-state index contributed by atoms with van der Waals surface area (Å²) in [5.41, 5.74) is 6.36. The van der Waals surface area contributed by atoms with E-state index in [9.17, 15) is 8.78 Å². The molecule has 6 nitrogen and oxygen atoms in total. The molecule has 0 saturated heterocycles. The molecule has 3 rings (SSSR count). The van der Waals surface area contributed by atoms with Crippen LogP contribution in [0.1, 0.15) is 19.9 Å². The zero-order chi connectivity index (χ0) is 16.7. The van der Waals surface area contributed by atoms with Crippen molar-refractivity contribution in [3.8, 4) is 17.0 Å². The number of aromatic nitrogens is 4. The Morgan fingerprint density at radius 1 is 1.22 bits per heavy atom. The Hall–Kier alpha value is -2.77. The zero-order valence-electron chi connectivity index (χ0n) is 12.8. The molecule has 0 radical (unpaired) electrons. The lowest BCUT2D eigenvalue weighted by Gasteiger charge is -2.06. The van der Waals surface area contributed by atoms with Gasteiger partial charge in [0.2, 0.25) is 5.95 Å². The number of anilines is 1. The molecule has 8 heteroatoms. The smallest absolute Gasteiger partial charge is 0.222 e. The van der Waals surface area contributed by atoms with Crippen molar-refractivity contribution in [1.29, 1.82) is 0 Å². The molecule has 0 unspecified atom stereocenters. The lowest BCUT2D eigenvalue weighted by atomic mass is 10.1. The lowest BCUT2D eigenvalue weighted by Crippen LogP contribution is -2.05. The van der Waals surface area contributed by atoms with E-state index in [1.165, 1.54) is 13.3 Å². The van der Waals surface area contributed by atoms with Gasteiger partial charge in [0.15, 0.2) is 17.2 Å². The van der Waals surface area contributed by atoms with Gasteiger partial charge in [0.1, 0.15) is 11.5 Å². The third-order valence-electron chi connectivity index (χ3n) is 3.45. The number of fused-ring (bicyclic) bond motifs is 1. The van der Waals surface area contributed by atoms with Gasteiger partial charge in [0.05, 0.1) is 12.5 Å². The molecule has 0 aliphatic heterocycles. The maximum atomic E-state index is 14.4. The number of nitrogen functional groups attached to an aromatic ring is 1. The Labute approximate surface area is 130 Å². The average Bonchev–Trinajstić information content (AvgIpc) is 2.87. The second-order valence-corrected chi connectivity index (χ2v) is 5.32. The monoisotopic (exact) mass is 319 g/mol. The summed E-state index contributed by atoms with van der Waals surface area (Å²) in [5, 5.41) is 4.87. The Morgan fingerprint density at radius 2 is 1.96 bits per heavy atom. The normalized spacial score (nSPS) is 11.4. The van der Waals surface area contributed by atoms with Crippen LogP contribution in [0.4, 0.5) is 14.7 Å². The second kappa shape index (κ2) is 5.45. The predicted octanol–water partition coefficient (Wildman–Crippen LogP) is 2.94. The number of hydrogen-bond acceptors (Lipinski definition) is 5. The van der Waals surface area contributed by atoms with E-state index < -0.39 is 11.6 Å². The first-order valence-corrected chi connectivity index (χ1v) is 6.96. The predicted molar refractivity (Wildman–Crippen MR) is 82.0 cm³/mol. The number of nitrogens with two attached hydrogens (primary N) is 1. The largest absolute Gasteiger partial charge is 0.494 e. The van der Waals surface area contributed by atoms with Crippen molar-refractivity contribution in [1.82, 2.24) is 19.7 Å². The van der Waals surface area contributed by atoms with E-state index in [1.807, 2.05) is 13.8 Å². The van der Waals surface area contributed by atoms with Crippen LogP contribution in [0.5, 0.6) is 5.75 Å². The summed E-state index contributed by atoms with van der Waals surface area (Å²) in [7, 11) is 1.27. The molecule has 2 heterocycles. The Morgan fingerprint density at radius 3 is 2.61 bits per heavy atom. The van der Waals surface area contributed by atoms with E-state index in [1.54, 1.807) is 4.68 Å². The minimum Gasteiger partial charge on any atom is -0.494 e. The minimum atomic E-state index is -0.674. The number of hydrogen-bond donors (Lipinski definition) is 1. The zero-order valence-corrected chi connectivity index (χ0v) is 12.8. The maximum absolute atomic E-state index is 14.4. The third-order valence-corrected chi connectivity index (χ3v) is 3.45. The standard InChI is InChI=1S/C15H15F2N5O/c1-7(2)22-14-9(6-19-15(18)20-14)13(21-22)8-4-11(17)12(23-3)5-10(8)16/h4-7H,1-3H3,(H2,18,19,20). The van der Waals surface area contributed by atoms with Gasteiger partial charge < -0.3 is 10.5 Å². The van der Waals surface area contributed by atoms with Crippen molar-refractivity contribution in [2.75, 3.05) is 12.8 Å². The van der Waals surface area contributed by atoms with Crippen molar-refractivity contribution in [2.24, 2.45) is 0 Å². The van der Waals surface area contributed by atoms with Crippen LogP contribution < -0.4 is 10.5 Å². The van der Waals surface area contributed by atoms with Crippen molar-refractivity contribution in [3.05, 3.63) is 30.0 Å². The van der Waals surface area contributed by atoms with Crippen LogP contribution >= 0.6 is 0 Å². The van der Waals surface area contributed by atoms with Gasteiger partial charge in [-0.05, 0) is 19.9 Å². The summed E-state index contributed by atoms with van der Waals surface area (Å²) >= 11 is 0. The van der Waals surface area contributed by atoms with Crippen LogP contribution in [0.25, 0.3) is 22.3 Å². The SMILES string of the molecule is COc1cc(F)c(-c2nn(C(C)C)c3nc(N)ncc23)cc1F. The Bertz CT molecular complexity index is 891. The topological polar surface area (TPSA) is 78.8 Å². The highest BCUT2D eigenvalue weighted by Gasteiger charge is 2.20. The number of methoxy groups -OCH3 is 1. The van der Waals surface area contributed by atoms with Gasteiger partial charge in [-0.3, -0.25) is 0 Å². The van der Waals surface area contributed by atoms with E-state index in [4.69, 9.17) is 10.5 Å². The lowest BCUT2D eigenvalue weighted by molar-refractivity contribution is 0.383. The van der Waals surface area contributed by atoms with Crippen molar-refractivity contribution in [2.45, 2.75) is 19.9 Å². The van der Waals surface area contributed by atoms with Gasteiger partial charge in [-0.15, -0.1) is 0 Å². The first kappa shape index (κ1) is 15.1. The molecule has 2 N–H and O–H groups in total. The molecule has 0 saturated carbocycles. The molecule has 0 atom stereocenters. The maximum Gasteiger partial charge on any atom is 0.222 e. The van der Waals surface area contributed by atoms with E-state index in [-0.39, 0.29) is 29.0 Å². The fourth-order valence-corrected chi connectivity index (χ4v) is 2.36. The van der Waals surface area contributed by atoms with Crippen LogP contribution in [0.15, 0.2) is 18.3 Å². The summed E-state index contributed by atoms with van der Waals surface area (Å²) in [6.07, 6.45) is 1.46. The molecular formula is C15H15F2N5O. The van der Waals surface area contributed by atoms with Crippen LogP contribution in [0.2, 0.25) is 0 Å². The highest BCUT2D eigenvalue weighted by atomic mass is 19.1. The van der Waals surface area contributed by atoms with Crippen LogP contribution in [0, 0.1) is 11.6 Å². The fraction of sp³-hybridized carbons (Fsp3) is 0.267. The molecule has 120 valence electrons. The van der Waals surface area contributed by atoms with Gasteiger partial charge in [-0.1, -0.05) is 0 Å². The quantitative estimate of drug-likeness (QED) is 0.803. The summed E-state index contributed by atoms with van der Waals surface area (Å²) in [4.78, 5) is 8.08. The van der Waals surface area contributed by atoms with E-state index in [0.717, 1.165) is 12.1 Å². The van der Waals surface area contributed by atoms with E-state index >= 15 is 0 Å². The van der Waals surface area contributed by atoms with Gasteiger partial charge in [0, 0.05) is 23.9 Å². The Kier molecular flexibility index (Phi) is 3.59. The third kappa shape index (κ3) is 2.45. The van der Waals surface area contributed by atoms with Crippen molar-refractivity contribution < 1.29 is 13.5 Å². The molecule has 0 aliphatic carbocycles. The first-order chi connectivity index (χ1) is 10.9. The molecule has 0 amide bonds. The van der Waals surface area contributed by atoms with E-state index in [0.29, 0.717) is 11.0 Å². The number of halogens is 2. The van der Waals surface area contributed by atoms with E-state index in [2.05, 4.69) is 15.1 Å². The average molecular weight is 319 g/mol. The highest BCUT2D eigenvalue weighted by Crippen LogP contribution is 2.33. The summed E-state index contributed by atoms with van der Waals surface area (Å²) in [6.45, 7) is 3.80. The molecule has 0 aliphatic rings. The molecule has 0 bridgehead atoms. The molecule has 2 aromatic heterocycles. The molecular weight excluding hydrogens is 304 g/mol. The number of rotatable bonds is 3.